The Morgan fingerprint density at radius 2 is 1.93 bits per heavy atom. The van der Waals surface area contributed by atoms with Crippen molar-refractivity contribution in [1.82, 2.24) is 24.8 Å². The molecular weight excluding hydrogens is 358 g/mol. The molecule has 0 bridgehead atoms. The molecule has 5 heteroatoms. The molecule has 0 aliphatic rings. The molecule has 0 saturated carbocycles. The number of hydrogen-bond acceptors (Lipinski definition) is 4. The van der Waals surface area contributed by atoms with E-state index in [4.69, 9.17) is 9.97 Å². The predicted molar refractivity (Wildman–Crippen MR) is 117 cm³/mol. The second-order valence-corrected chi connectivity index (χ2v) is 7.68. The fraction of sp³-hybridized carbons (Fsp3) is 0.292. The van der Waals surface area contributed by atoms with Crippen molar-refractivity contribution in [3.63, 3.8) is 0 Å². The van der Waals surface area contributed by atoms with E-state index in [1.165, 1.54) is 21.9 Å². The Balaban J connectivity index is 1.62. The molecule has 3 aromatic heterocycles. The maximum Gasteiger partial charge on any atom is 0.0946 e. The number of aromatic nitrogens is 4. The molecule has 0 radical (unpaired) electrons. The van der Waals surface area contributed by atoms with Gasteiger partial charge in [0.25, 0.3) is 0 Å². The molecular formula is C24H27N5. The molecule has 5 nitrogen and oxygen atoms in total. The molecule has 0 spiro atoms. The lowest BCUT2D eigenvalue weighted by Gasteiger charge is -2.20. The average molecular weight is 386 g/mol. The third-order valence-corrected chi connectivity index (χ3v) is 5.29. The lowest BCUT2D eigenvalue weighted by molar-refractivity contribution is 0.518. The summed E-state index contributed by atoms with van der Waals surface area (Å²) >= 11 is 0. The van der Waals surface area contributed by atoms with Crippen LogP contribution in [0.25, 0.3) is 10.8 Å². The van der Waals surface area contributed by atoms with Crippen LogP contribution in [0.2, 0.25) is 0 Å². The lowest BCUT2D eigenvalue weighted by atomic mass is 9.98. The molecule has 1 N–H and O–H groups in total. The first-order valence-electron chi connectivity index (χ1n) is 10.1. The van der Waals surface area contributed by atoms with Crippen LogP contribution in [0.4, 0.5) is 0 Å². The number of rotatable bonds is 7. The summed E-state index contributed by atoms with van der Waals surface area (Å²) in [6.45, 7) is 5.05. The minimum Gasteiger partial charge on any atom is -0.340 e. The Morgan fingerprint density at radius 3 is 2.72 bits per heavy atom. The summed E-state index contributed by atoms with van der Waals surface area (Å²) in [7, 11) is 2.00. The van der Waals surface area contributed by atoms with Gasteiger partial charge in [0.05, 0.1) is 23.8 Å². The van der Waals surface area contributed by atoms with Crippen LogP contribution in [0, 0.1) is 13.8 Å². The van der Waals surface area contributed by atoms with Gasteiger partial charge in [0.15, 0.2) is 0 Å². The monoisotopic (exact) mass is 385 g/mol. The number of nitrogens with one attached hydrogen (secondary N) is 1. The van der Waals surface area contributed by atoms with Gasteiger partial charge in [0.1, 0.15) is 0 Å². The normalized spacial score (nSPS) is 12.4. The summed E-state index contributed by atoms with van der Waals surface area (Å²) < 4.78 is 1.98. The second kappa shape index (κ2) is 8.53. The van der Waals surface area contributed by atoms with Crippen molar-refractivity contribution < 1.29 is 0 Å². The van der Waals surface area contributed by atoms with Crippen molar-refractivity contribution in [2.75, 3.05) is 6.54 Å². The molecule has 1 unspecified atom stereocenters. The number of nitrogens with zero attached hydrogens (tertiary/aromatic N) is 4. The van der Waals surface area contributed by atoms with Gasteiger partial charge >= 0.3 is 0 Å². The molecule has 3 heterocycles. The molecule has 148 valence electrons. The molecule has 29 heavy (non-hydrogen) atoms. The highest BCUT2D eigenvalue weighted by Crippen LogP contribution is 2.25. The molecule has 1 atom stereocenters. The molecule has 0 aliphatic heterocycles. The fourth-order valence-corrected chi connectivity index (χ4v) is 3.81. The van der Waals surface area contributed by atoms with Crippen molar-refractivity contribution in [1.29, 1.82) is 0 Å². The van der Waals surface area contributed by atoms with Crippen LogP contribution in [-0.4, -0.2) is 26.1 Å². The Bertz CT molecular complexity index is 1110. The Labute approximate surface area is 171 Å². The van der Waals surface area contributed by atoms with Gasteiger partial charge in [0, 0.05) is 56.1 Å². The summed E-state index contributed by atoms with van der Waals surface area (Å²) in [5, 5.41) is 6.13. The Kier molecular flexibility index (Phi) is 5.67. The summed E-state index contributed by atoms with van der Waals surface area (Å²) in [5.74, 6) is 0. The maximum absolute atomic E-state index is 4.77. The van der Waals surface area contributed by atoms with E-state index in [0.29, 0.717) is 0 Å². The predicted octanol–water partition coefficient (Wildman–Crippen LogP) is 4.10. The molecule has 0 amide bonds. The summed E-state index contributed by atoms with van der Waals surface area (Å²) in [5.41, 5.74) is 5.69. The number of fused-ring (bicyclic) bond motifs is 1. The topological polar surface area (TPSA) is 55.6 Å². The molecule has 1 aromatic carbocycles. The number of benzene rings is 1. The quantitative estimate of drug-likeness (QED) is 0.520. The van der Waals surface area contributed by atoms with Crippen molar-refractivity contribution in [2.45, 2.75) is 32.7 Å². The van der Waals surface area contributed by atoms with E-state index >= 15 is 0 Å². The number of hydrogen-bond donors (Lipinski definition) is 1. The lowest BCUT2D eigenvalue weighted by Crippen LogP contribution is -2.27. The van der Waals surface area contributed by atoms with Crippen LogP contribution in [0.1, 0.15) is 34.3 Å². The first-order valence-corrected chi connectivity index (χ1v) is 10.1. The minimum absolute atomic E-state index is 0.0821. The average Bonchev–Trinajstić information content (AvgIpc) is 3.13. The zero-order valence-corrected chi connectivity index (χ0v) is 17.3. The summed E-state index contributed by atoms with van der Waals surface area (Å²) in [6.07, 6.45) is 9.44. The first kappa shape index (κ1) is 19.3. The Hall–Kier alpha value is -3.05. The molecule has 0 fully saturated rings. The van der Waals surface area contributed by atoms with E-state index < -0.39 is 0 Å². The zero-order chi connectivity index (χ0) is 20.2. The van der Waals surface area contributed by atoms with E-state index in [9.17, 15) is 0 Å². The minimum atomic E-state index is 0.0821. The molecule has 0 aliphatic carbocycles. The zero-order valence-electron chi connectivity index (χ0n) is 17.3. The highest BCUT2D eigenvalue weighted by molar-refractivity contribution is 5.84. The van der Waals surface area contributed by atoms with Crippen LogP contribution >= 0.6 is 0 Å². The highest BCUT2D eigenvalue weighted by Gasteiger charge is 2.18. The van der Waals surface area contributed by atoms with Gasteiger partial charge in [-0.05, 0) is 36.4 Å². The van der Waals surface area contributed by atoms with Crippen molar-refractivity contribution >= 4 is 10.8 Å². The SMILES string of the molecule is Cc1cnc(CC(NCCc2cn(C)cn2)c2nccc3ccccc23)c(C)c1. The van der Waals surface area contributed by atoms with Gasteiger partial charge in [-0.25, -0.2) is 4.98 Å². The van der Waals surface area contributed by atoms with Crippen LogP contribution in [0.3, 0.4) is 0 Å². The van der Waals surface area contributed by atoms with E-state index in [1.54, 1.807) is 0 Å². The third-order valence-electron chi connectivity index (χ3n) is 5.29. The Morgan fingerprint density at radius 1 is 1.07 bits per heavy atom. The highest BCUT2D eigenvalue weighted by atomic mass is 15.0. The van der Waals surface area contributed by atoms with Crippen LogP contribution in [0.15, 0.2) is 61.3 Å². The van der Waals surface area contributed by atoms with E-state index in [0.717, 1.165) is 36.5 Å². The van der Waals surface area contributed by atoms with E-state index in [1.807, 2.05) is 30.3 Å². The molecule has 4 rings (SSSR count). The standard InChI is InChI=1S/C24H27N5/c1-17-12-18(2)22(27-14-17)13-23(25-11-9-20-15-29(3)16-28-20)24-21-7-5-4-6-19(21)8-10-26-24/h4-8,10,12,14-16,23,25H,9,11,13H2,1-3H3. The van der Waals surface area contributed by atoms with Crippen molar-refractivity contribution in [2.24, 2.45) is 7.05 Å². The van der Waals surface area contributed by atoms with Crippen LogP contribution in [-0.2, 0) is 19.9 Å². The largest absolute Gasteiger partial charge is 0.340 e. The van der Waals surface area contributed by atoms with Gasteiger partial charge in [-0.15, -0.1) is 0 Å². The number of aryl methyl sites for hydroxylation is 3. The van der Waals surface area contributed by atoms with Crippen molar-refractivity contribution in [3.05, 3.63) is 89.5 Å². The molecule has 0 saturated heterocycles. The summed E-state index contributed by atoms with van der Waals surface area (Å²) in [6, 6.07) is 12.8. The van der Waals surface area contributed by atoms with Gasteiger partial charge in [0.2, 0.25) is 0 Å². The number of imidazole rings is 1. The first-order chi connectivity index (χ1) is 14.1. The van der Waals surface area contributed by atoms with Gasteiger partial charge < -0.3 is 9.88 Å². The van der Waals surface area contributed by atoms with E-state index in [2.05, 4.69) is 66.7 Å². The van der Waals surface area contributed by atoms with Crippen molar-refractivity contribution in [3.8, 4) is 0 Å². The van der Waals surface area contributed by atoms with E-state index in [-0.39, 0.29) is 6.04 Å². The second-order valence-electron chi connectivity index (χ2n) is 7.68. The fourth-order valence-electron chi connectivity index (χ4n) is 3.81. The van der Waals surface area contributed by atoms with Crippen LogP contribution < -0.4 is 5.32 Å². The smallest absolute Gasteiger partial charge is 0.0946 e. The van der Waals surface area contributed by atoms with Gasteiger partial charge in [-0.3, -0.25) is 9.97 Å². The third kappa shape index (κ3) is 4.51. The number of pyridine rings is 2. The van der Waals surface area contributed by atoms with Crippen LogP contribution in [0.5, 0.6) is 0 Å². The van der Waals surface area contributed by atoms with Gasteiger partial charge in [-0.2, -0.15) is 0 Å². The maximum atomic E-state index is 4.77. The van der Waals surface area contributed by atoms with Gasteiger partial charge in [-0.1, -0.05) is 30.3 Å². The molecule has 4 aromatic rings. The summed E-state index contributed by atoms with van der Waals surface area (Å²) in [4.78, 5) is 13.9.